The molecular weight excluding hydrogens is 528 g/mol. The van der Waals surface area contributed by atoms with Crippen LogP contribution in [0.15, 0.2) is 83.0 Å². The highest BCUT2D eigenvalue weighted by Gasteiger charge is 2.48. The van der Waals surface area contributed by atoms with Crippen molar-refractivity contribution in [3.63, 3.8) is 0 Å². The zero-order chi connectivity index (χ0) is 27.7. The van der Waals surface area contributed by atoms with E-state index in [9.17, 15) is 14.7 Å². The molecule has 0 radical (unpaired) electrons. The summed E-state index contributed by atoms with van der Waals surface area (Å²) in [7, 11) is 0. The zero-order valence-corrected chi connectivity index (χ0v) is 23.7. The monoisotopic (exact) mass is 556 g/mol. The van der Waals surface area contributed by atoms with E-state index < -0.39 is 17.7 Å². The van der Waals surface area contributed by atoms with Gasteiger partial charge < -0.3 is 5.11 Å². The van der Waals surface area contributed by atoms with E-state index in [-0.39, 0.29) is 16.7 Å². The maximum absolute atomic E-state index is 13.4. The molecular formula is C30H28N4O3S2. The molecule has 1 saturated heterocycles. The maximum atomic E-state index is 13.4. The van der Waals surface area contributed by atoms with Crippen LogP contribution in [0.3, 0.4) is 0 Å². The van der Waals surface area contributed by atoms with Gasteiger partial charge in [0.15, 0.2) is 4.34 Å². The number of anilines is 1. The number of aliphatic hydroxyl groups is 1. The van der Waals surface area contributed by atoms with Crippen LogP contribution in [0.2, 0.25) is 0 Å². The molecule has 1 aliphatic heterocycles. The Morgan fingerprint density at radius 2 is 1.64 bits per heavy atom. The Morgan fingerprint density at radius 3 is 2.28 bits per heavy atom. The number of nitrogens with zero attached hydrogens (tertiary/aromatic N) is 4. The number of thioether (sulfide) groups is 1. The predicted octanol–water partition coefficient (Wildman–Crippen LogP) is 6.46. The lowest BCUT2D eigenvalue weighted by atomic mass is 9.85. The number of pyridine rings is 1. The van der Waals surface area contributed by atoms with E-state index in [0.29, 0.717) is 26.4 Å². The average molecular weight is 557 g/mol. The SMILES string of the molecule is Cc1ccc(CSc2nnc(N3C(=O)C(=O)C(=C(O)c4ccncc4)C3c3ccc(C(C)(C)C)cc3)s2)cc1. The van der Waals surface area contributed by atoms with Crippen LogP contribution in [0.25, 0.3) is 5.76 Å². The molecule has 0 aliphatic carbocycles. The van der Waals surface area contributed by atoms with Gasteiger partial charge in [-0.1, -0.05) is 98.0 Å². The van der Waals surface area contributed by atoms with E-state index in [1.807, 2.05) is 31.2 Å². The molecule has 1 aliphatic rings. The van der Waals surface area contributed by atoms with Gasteiger partial charge in [0, 0.05) is 23.7 Å². The number of aromatic nitrogens is 3. The molecule has 1 unspecified atom stereocenters. The molecule has 0 bridgehead atoms. The summed E-state index contributed by atoms with van der Waals surface area (Å²) in [5, 5.41) is 20.1. The molecule has 5 rings (SSSR count). The Balaban J connectivity index is 1.54. The molecule has 3 heterocycles. The number of hydrogen-bond donors (Lipinski definition) is 1. The third-order valence-corrected chi connectivity index (χ3v) is 8.70. The molecule has 1 N–H and O–H groups in total. The normalized spacial score (nSPS) is 17.1. The minimum absolute atomic E-state index is 0.0127. The summed E-state index contributed by atoms with van der Waals surface area (Å²) in [6.07, 6.45) is 3.06. The van der Waals surface area contributed by atoms with Gasteiger partial charge in [-0.2, -0.15) is 0 Å². The second kappa shape index (κ2) is 10.7. The first-order valence-electron chi connectivity index (χ1n) is 12.5. The van der Waals surface area contributed by atoms with E-state index in [1.165, 1.54) is 46.0 Å². The average Bonchev–Trinajstić information content (AvgIpc) is 3.50. The third kappa shape index (κ3) is 5.51. The summed E-state index contributed by atoms with van der Waals surface area (Å²) < 4.78 is 0.684. The summed E-state index contributed by atoms with van der Waals surface area (Å²) in [6, 6.07) is 18.4. The molecule has 0 spiro atoms. The first-order valence-corrected chi connectivity index (χ1v) is 14.3. The van der Waals surface area contributed by atoms with Crippen molar-refractivity contribution in [2.75, 3.05) is 4.90 Å². The van der Waals surface area contributed by atoms with Crippen LogP contribution in [0.5, 0.6) is 0 Å². The van der Waals surface area contributed by atoms with Gasteiger partial charge in [-0.05, 0) is 41.2 Å². The second-order valence-corrected chi connectivity index (χ2v) is 12.6. The standard InChI is InChI=1S/C30H28N4O3S2/c1-18-5-7-19(8-6-18)17-38-29-33-32-28(39-29)34-24(20-9-11-22(12-10-20)30(2,3)4)23(26(36)27(34)37)25(35)21-13-15-31-16-14-21/h5-16,24,35H,17H2,1-4H3. The molecule has 0 saturated carbocycles. The smallest absolute Gasteiger partial charge is 0.301 e. The largest absolute Gasteiger partial charge is 0.507 e. The van der Waals surface area contributed by atoms with Crippen molar-refractivity contribution in [3.05, 3.63) is 106 Å². The van der Waals surface area contributed by atoms with E-state index >= 15 is 0 Å². The quantitative estimate of drug-likeness (QED) is 0.0957. The van der Waals surface area contributed by atoms with Crippen molar-refractivity contribution in [1.82, 2.24) is 15.2 Å². The van der Waals surface area contributed by atoms with Crippen LogP contribution in [0.4, 0.5) is 5.13 Å². The summed E-state index contributed by atoms with van der Waals surface area (Å²) in [6.45, 7) is 8.41. The van der Waals surface area contributed by atoms with Crippen molar-refractivity contribution in [2.24, 2.45) is 0 Å². The van der Waals surface area contributed by atoms with Crippen LogP contribution in [0.1, 0.15) is 54.6 Å². The lowest BCUT2D eigenvalue weighted by molar-refractivity contribution is -0.132. The fraction of sp³-hybridized carbons (Fsp3) is 0.233. The van der Waals surface area contributed by atoms with Gasteiger partial charge in [-0.15, -0.1) is 10.2 Å². The molecule has 4 aromatic rings. The molecule has 198 valence electrons. The topological polar surface area (TPSA) is 96.3 Å². The van der Waals surface area contributed by atoms with Crippen molar-refractivity contribution >= 4 is 45.7 Å². The molecule has 39 heavy (non-hydrogen) atoms. The number of Topliss-reactive ketones (excluding diaryl/α,β-unsaturated/α-hetero) is 1. The van der Waals surface area contributed by atoms with E-state index in [4.69, 9.17) is 0 Å². The summed E-state index contributed by atoms with van der Waals surface area (Å²) >= 11 is 2.77. The van der Waals surface area contributed by atoms with E-state index in [1.54, 1.807) is 12.1 Å². The molecule has 1 amide bonds. The van der Waals surface area contributed by atoms with Crippen LogP contribution < -0.4 is 4.90 Å². The Bertz CT molecular complexity index is 1540. The lowest BCUT2D eigenvalue weighted by Gasteiger charge is -2.24. The molecule has 7 nitrogen and oxygen atoms in total. The number of amides is 1. The maximum Gasteiger partial charge on any atom is 0.301 e. The summed E-state index contributed by atoms with van der Waals surface area (Å²) in [5.74, 6) is -1.06. The molecule has 1 fully saturated rings. The Kier molecular flexibility index (Phi) is 7.38. The fourth-order valence-electron chi connectivity index (χ4n) is 4.36. The highest BCUT2D eigenvalue weighted by Crippen LogP contribution is 2.44. The van der Waals surface area contributed by atoms with Crippen molar-refractivity contribution < 1.29 is 14.7 Å². The fourth-order valence-corrected chi connectivity index (χ4v) is 6.19. The second-order valence-electron chi connectivity index (χ2n) is 10.4. The van der Waals surface area contributed by atoms with Gasteiger partial charge in [0.05, 0.1) is 11.6 Å². The minimum atomic E-state index is -0.852. The summed E-state index contributed by atoms with van der Waals surface area (Å²) in [4.78, 5) is 32.2. The Morgan fingerprint density at radius 1 is 0.974 bits per heavy atom. The molecule has 2 aromatic heterocycles. The third-order valence-electron chi connectivity index (χ3n) is 6.58. The van der Waals surface area contributed by atoms with Gasteiger partial charge in [0.1, 0.15) is 5.76 Å². The van der Waals surface area contributed by atoms with Crippen LogP contribution in [-0.4, -0.2) is 32.0 Å². The number of rotatable bonds is 6. The number of benzene rings is 2. The number of carbonyl (C=O) groups excluding carboxylic acids is 2. The first-order chi connectivity index (χ1) is 18.6. The lowest BCUT2D eigenvalue weighted by Crippen LogP contribution is -2.29. The van der Waals surface area contributed by atoms with Crippen molar-refractivity contribution in [3.8, 4) is 0 Å². The molecule has 1 atom stereocenters. The zero-order valence-electron chi connectivity index (χ0n) is 22.1. The van der Waals surface area contributed by atoms with Crippen LogP contribution >= 0.6 is 23.1 Å². The predicted molar refractivity (Wildman–Crippen MR) is 155 cm³/mol. The van der Waals surface area contributed by atoms with Crippen LogP contribution in [-0.2, 0) is 20.8 Å². The number of hydrogen-bond acceptors (Lipinski definition) is 8. The van der Waals surface area contributed by atoms with Crippen molar-refractivity contribution in [2.45, 2.75) is 49.2 Å². The molecule has 2 aromatic carbocycles. The Labute approximate surface area is 235 Å². The van der Waals surface area contributed by atoms with Gasteiger partial charge in [-0.25, -0.2) is 0 Å². The first kappa shape index (κ1) is 26.8. The van der Waals surface area contributed by atoms with Gasteiger partial charge >= 0.3 is 5.91 Å². The minimum Gasteiger partial charge on any atom is -0.507 e. The summed E-state index contributed by atoms with van der Waals surface area (Å²) in [5.41, 5.74) is 4.51. The van der Waals surface area contributed by atoms with Crippen molar-refractivity contribution in [1.29, 1.82) is 0 Å². The van der Waals surface area contributed by atoms with Gasteiger partial charge in [0.25, 0.3) is 5.78 Å². The van der Waals surface area contributed by atoms with Crippen LogP contribution in [0, 0.1) is 6.92 Å². The highest BCUT2D eigenvalue weighted by atomic mass is 32.2. The number of ketones is 1. The van der Waals surface area contributed by atoms with E-state index in [0.717, 1.165) is 11.1 Å². The van der Waals surface area contributed by atoms with E-state index in [2.05, 4.69) is 60.2 Å². The van der Waals surface area contributed by atoms with Gasteiger partial charge in [0.2, 0.25) is 5.13 Å². The number of aryl methyl sites for hydroxylation is 1. The highest BCUT2D eigenvalue weighted by molar-refractivity contribution is 8.00. The Hall–Kier alpha value is -3.82. The van der Waals surface area contributed by atoms with Gasteiger partial charge in [-0.3, -0.25) is 19.5 Å². The number of aliphatic hydroxyl groups excluding tert-OH is 1. The number of carbonyl (C=O) groups is 2. The molecule has 9 heteroatoms.